The summed E-state index contributed by atoms with van der Waals surface area (Å²) in [4.78, 5) is 3.29. The van der Waals surface area contributed by atoms with Crippen LogP contribution in [0.25, 0.3) is 16.5 Å². The minimum Gasteiger partial charge on any atom is -0.326 e. The molecule has 3 aromatic rings. The van der Waals surface area contributed by atoms with Crippen LogP contribution < -0.4 is 5.43 Å². The molecule has 0 saturated heterocycles. The van der Waals surface area contributed by atoms with Crippen LogP contribution in [0.2, 0.25) is 0 Å². The van der Waals surface area contributed by atoms with Crippen LogP contribution in [-0.4, -0.2) is 41.1 Å². The van der Waals surface area contributed by atoms with Gasteiger partial charge in [-0.05, 0) is 60.7 Å². The molecule has 2 heterocycles. The van der Waals surface area contributed by atoms with Gasteiger partial charge in [0.2, 0.25) is 0 Å². The Morgan fingerprint density at radius 2 is 1.81 bits per heavy atom. The minimum absolute atomic E-state index is 0.921. The lowest BCUT2D eigenvalue weighted by molar-refractivity contribution is 0.370. The number of nitrogens with zero attached hydrogens (tertiary/aromatic N) is 2. The van der Waals surface area contributed by atoms with E-state index in [1.165, 1.54) is 40.4 Å². The fourth-order valence-electron chi connectivity index (χ4n) is 4.43. The van der Waals surface area contributed by atoms with Crippen LogP contribution in [0.5, 0.6) is 0 Å². The van der Waals surface area contributed by atoms with Crippen LogP contribution in [0.3, 0.4) is 0 Å². The third-order valence-corrected chi connectivity index (χ3v) is 6.86. The molecule has 3 nitrogen and oxygen atoms in total. The van der Waals surface area contributed by atoms with Gasteiger partial charge in [0.25, 0.3) is 0 Å². The molecule has 4 rings (SSSR count). The smallest absolute Gasteiger partial charge is 0.0699 e. The van der Waals surface area contributed by atoms with E-state index < -0.39 is 0 Å². The van der Waals surface area contributed by atoms with Crippen LogP contribution in [-0.2, 0) is 6.42 Å². The van der Waals surface area contributed by atoms with Crippen molar-refractivity contribution in [3.05, 3.63) is 77.0 Å². The first-order valence-electron chi connectivity index (χ1n) is 12.0. The van der Waals surface area contributed by atoms with E-state index in [1.807, 2.05) is 0 Å². The molecule has 0 aliphatic carbocycles. The number of thiocarbonyl (C=S) groups is 1. The summed E-state index contributed by atoms with van der Waals surface area (Å²) >= 11 is 5.92. The van der Waals surface area contributed by atoms with E-state index in [4.69, 9.17) is 12.2 Å². The van der Waals surface area contributed by atoms with Crippen LogP contribution >= 0.6 is 12.2 Å². The topological polar surface area (TPSA) is 20.2 Å². The Kier molecular flexibility index (Phi) is 7.44. The van der Waals surface area contributed by atoms with Gasteiger partial charge in [0.15, 0.2) is 0 Å². The number of benzene rings is 2. The molecule has 0 amide bonds. The predicted octanol–water partition coefficient (Wildman–Crippen LogP) is 6.42. The first-order chi connectivity index (χ1) is 15.6. The van der Waals surface area contributed by atoms with Crippen molar-refractivity contribution in [3.8, 4) is 0 Å². The highest BCUT2D eigenvalue weighted by Gasteiger charge is 2.17. The number of nitrogens with one attached hydrogen (secondary N) is 1. The summed E-state index contributed by atoms with van der Waals surface area (Å²) in [5.74, 6) is 0. The average Bonchev–Trinajstić information content (AvgIpc) is 3.18. The van der Waals surface area contributed by atoms with Gasteiger partial charge in [-0.1, -0.05) is 75.3 Å². The molecule has 0 saturated carbocycles. The zero-order valence-corrected chi connectivity index (χ0v) is 20.5. The molecule has 32 heavy (non-hydrogen) atoms. The molecule has 0 atom stereocenters. The van der Waals surface area contributed by atoms with Crippen molar-refractivity contribution < 1.29 is 0 Å². The van der Waals surface area contributed by atoms with E-state index in [1.54, 1.807) is 0 Å². The lowest BCUT2D eigenvalue weighted by Crippen LogP contribution is -2.23. The summed E-state index contributed by atoms with van der Waals surface area (Å²) in [6, 6.07) is 15.5. The number of fused-ring (bicyclic) bond motifs is 1. The lowest BCUT2D eigenvalue weighted by Gasteiger charge is -2.21. The second-order valence-corrected chi connectivity index (χ2v) is 9.33. The Morgan fingerprint density at radius 1 is 1.03 bits per heavy atom. The van der Waals surface area contributed by atoms with E-state index in [9.17, 15) is 0 Å². The van der Waals surface area contributed by atoms with E-state index in [0.29, 0.717) is 0 Å². The van der Waals surface area contributed by atoms with Gasteiger partial charge < -0.3 is 10.3 Å². The number of unbranched alkanes of at least 4 members (excludes halogenated alkanes) is 1. The van der Waals surface area contributed by atoms with Gasteiger partial charge in [-0.2, -0.15) is 0 Å². The number of hydrogen-bond acceptors (Lipinski definition) is 3. The molecule has 1 aliphatic heterocycles. The highest BCUT2D eigenvalue weighted by atomic mass is 32.1. The van der Waals surface area contributed by atoms with Gasteiger partial charge in [0.05, 0.1) is 10.4 Å². The molecule has 4 heteroatoms. The van der Waals surface area contributed by atoms with Gasteiger partial charge >= 0.3 is 0 Å². The second-order valence-electron chi connectivity index (χ2n) is 8.92. The molecule has 0 unspecified atom stereocenters. The van der Waals surface area contributed by atoms with Gasteiger partial charge in [0.1, 0.15) is 0 Å². The fraction of sp³-hybridized carbons (Fsp3) is 0.393. The molecule has 0 spiro atoms. The molecule has 1 N–H and O–H groups in total. The zero-order valence-electron chi connectivity index (χ0n) is 19.7. The quantitative estimate of drug-likeness (QED) is 0.233. The van der Waals surface area contributed by atoms with Crippen molar-refractivity contribution in [2.75, 3.05) is 32.1 Å². The average molecular weight is 446 g/mol. The largest absolute Gasteiger partial charge is 0.326 e. The SMILES string of the molecule is CCCCNn1cc(C2=CCN(C)CC2)c2cc(C(=S)c3ccc(CCC)cc3)ccc21. The highest BCUT2D eigenvalue weighted by Crippen LogP contribution is 2.32. The molecule has 0 bridgehead atoms. The van der Waals surface area contributed by atoms with Gasteiger partial charge in [0, 0.05) is 36.8 Å². The Bertz CT molecular complexity index is 1110. The molecule has 168 valence electrons. The van der Waals surface area contributed by atoms with Crippen molar-refractivity contribution >= 4 is 33.6 Å². The maximum Gasteiger partial charge on any atom is 0.0699 e. The molecule has 1 aliphatic rings. The van der Waals surface area contributed by atoms with E-state index in [-0.39, 0.29) is 0 Å². The zero-order chi connectivity index (χ0) is 22.5. The van der Waals surface area contributed by atoms with Gasteiger partial charge in [-0.25, -0.2) is 0 Å². The van der Waals surface area contributed by atoms with Crippen molar-refractivity contribution in [2.45, 2.75) is 46.0 Å². The van der Waals surface area contributed by atoms with Crippen molar-refractivity contribution in [1.82, 2.24) is 9.58 Å². The normalized spacial score (nSPS) is 14.5. The summed E-state index contributed by atoms with van der Waals surface area (Å²) in [6.45, 7) is 7.53. The number of aromatic nitrogens is 1. The molecule has 2 aromatic carbocycles. The number of likely N-dealkylation sites (N-methyl/N-ethyl adjacent to an activating group) is 1. The summed E-state index contributed by atoms with van der Waals surface area (Å²) in [5, 5.41) is 1.28. The Balaban J connectivity index is 1.70. The third kappa shape index (κ3) is 4.97. The molecule has 0 radical (unpaired) electrons. The maximum absolute atomic E-state index is 5.92. The van der Waals surface area contributed by atoms with Crippen LogP contribution in [0.4, 0.5) is 0 Å². The van der Waals surface area contributed by atoms with E-state index in [0.717, 1.165) is 54.9 Å². The van der Waals surface area contributed by atoms with Crippen LogP contribution in [0.1, 0.15) is 61.8 Å². The molecule has 0 fully saturated rings. The van der Waals surface area contributed by atoms with Crippen molar-refractivity contribution in [1.29, 1.82) is 0 Å². The lowest BCUT2D eigenvalue weighted by atomic mass is 9.96. The first-order valence-corrected chi connectivity index (χ1v) is 12.4. The number of hydrogen-bond donors (Lipinski definition) is 1. The molecular weight excluding hydrogens is 410 g/mol. The standard InChI is InChI=1S/C28H35N3S/c1-4-6-16-29-31-20-26(22-14-17-30(3)18-15-22)25-19-24(12-13-27(25)31)28(32)23-10-8-21(7-5-2)9-11-23/h8-14,19-20,29H,4-7,15-18H2,1-3H3. The van der Waals surface area contributed by atoms with Gasteiger partial charge in [-0.15, -0.1) is 0 Å². The highest BCUT2D eigenvalue weighted by molar-refractivity contribution is 7.81. The molecule has 1 aromatic heterocycles. The Morgan fingerprint density at radius 3 is 2.50 bits per heavy atom. The summed E-state index contributed by atoms with van der Waals surface area (Å²) in [6.07, 6.45) is 10.4. The van der Waals surface area contributed by atoms with Crippen LogP contribution in [0, 0.1) is 0 Å². The second kappa shape index (κ2) is 10.5. The van der Waals surface area contributed by atoms with Crippen LogP contribution in [0.15, 0.2) is 54.7 Å². The Labute approximate surface area is 198 Å². The monoisotopic (exact) mass is 445 g/mol. The number of aryl methyl sites for hydroxylation is 1. The minimum atomic E-state index is 0.921. The fourth-order valence-corrected chi connectivity index (χ4v) is 4.69. The van der Waals surface area contributed by atoms with Crippen molar-refractivity contribution in [2.24, 2.45) is 0 Å². The molecular formula is C28H35N3S. The first kappa shape index (κ1) is 22.8. The summed E-state index contributed by atoms with van der Waals surface area (Å²) in [7, 11) is 2.19. The maximum atomic E-state index is 5.92. The van der Waals surface area contributed by atoms with E-state index in [2.05, 4.69) is 90.6 Å². The summed E-state index contributed by atoms with van der Waals surface area (Å²) < 4.78 is 2.21. The third-order valence-electron chi connectivity index (χ3n) is 6.39. The summed E-state index contributed by atoms with van der Waals surface area (Å²) in [5.41, 5.74) is 11.2. The number of rotatable bonds is 9. The van der Waals surface area contributed by atoms with E-state index >= 15 is 0 Å². The van der Waals surface area contributed by atoms with Crippen molar-refractivity contribution in [3.63, 3.8) is 0 Å². The predicted molar refractivity (Wildman–Crippen MR) is 142 cm³/mol. The van der Waals surface area contributed by atoms with Gasteiger partial charge in [-0.3, -0.25) is 4.68 Å². The Hall–Kier alpha value is -2.43.